The molecule has 0 fully saturated rings. The molecule has 326 valence electrons. The van der Waals surface area contributed by atoms with Crippen molar-refractivity contribution in [1.82, 2.24) is 21.3 Å². The molecule has 1 aromatic rings. The highest BCUT2D eigenvalue weighted by molar-refractivity contribution is 7.93. The van der Waals surface area contributed by atoms with Gasteiger partial charge < -0.3 is 40.2 Å². The highest BCUT2D eigenvalue weighted by Crippen LogP contribution is 2.15. The van der Waals surface area contributed by atoms with Crippen LogP contribution in [0.2, 0.25) is 0 Å². The molecule has 0 aliphatic heterocycles. The fourth-order valence-corrected chi connectivity index (χ4v) is 5.37. The minimum atomic E-state index is -3.67. The van der Waals surface area contributed by atoms with Gasteiger partial charge in [-0.15, -0.1) is 0 Å². The van der Waals surface area contributed by atoms with Crippen LogP contribution < -0.4 is 21.3 Å². The number of benzene rings is 1. The highest BCUT2D eigenvalue weighted by atomic mass is 32.2. The zero-order valence-corrected chi connectivity index (χ0v) is 36.5. The van der Waals surface area contributed by atoms with E-state index >= 15 is 0 Å². The topological polar surface area (TPSA) is 239 Å². The predicted molar refractivity (Wildman–Crippen MR) is 214 cm³/mol. The lowest BCUT2D eigenvalue weighted by atomic mass is 10.0. The first-order valence-electron chi connectivity index (χ1n) is 18.8. The minimum absolute atomic E-state index is 0.157. The summed E-state index contributed by atoms with van der Waals surface area (Å²) in [6.45, 7) is 17.8. The van der Waals surface area contributed by atoms with Gasteiger partial charge in [0.25, 0.3) is 0 Å². The third-order valence-corrected chi connectivity index (χ3v) is 7.89. The van der Waals surface area contributed by atoms with Crippen LogP contribution in [0, 0.1) is 5.92 Å². The van der Waals surface area contributed by atoms with Crippen molar-refractivity contribution < 1.29 is 60.9 Å². The SMILES string of the molecule is CC(C)[C@H](NC(=O)[C@H](CCC(=O)OC(C)(C)C)NC(=O)[C@H](CC(=O)OC(C)(C)C)NC(=O)OCc1ccccc1)C(=O)NC(/C=C/S(C)(=O)=O)CC(=O)OC(C)(C)C. The van der Waals surface area contributed by atoms with E-state index in [4.69, 9.17) is 18.9 Å². The van der Waals surface area contributed by atoms with Crippen molar-refractivity contribution in [3.63, 3.8) is 0 Å². The Kier molecular flexibility index (Phi) is 19.6. The molecule has 17 nitrogen and oxygen atoms in total. The van der Waals surface area contributed by atoms with Crippen molar-refractivity contribution >= 4 is 51.6 Å². The van der Waals surface area contributed by atoms with Crippen LogP contribution >= 0.6 is 0 Å². The third kappa shape index (κ3) is 23.3. The number of esters is 3. The fraction of sp³-hybridized carbons (Fsp3) is 0.625. The first-order valence-corrected chi connectivity index (χ1v) is 20.8. The summed E-state index contributed by atoms with van der Waals surface area (Å²) in [5.41, 5.74) is -2.04. The van der Waals surface area contributed by atoms with E-state index in [0.29, 0.717) is 5.56 Å². The quantitative estimate of drug-likeness (QED) is 0.115. The summed E-state index contributed by atoms with van der Waals surface area (Å²) in [7, 11) is -3.67. The van der Waals surface area contributed by atoms with Crippen LogP contribution in [0.3, 0.4) is 0 Å². The molecule has 0 aliphatic carbocycles. The smallest absolute Gasteiger partial charge is 0.408 e. The van der Waals surface area contributed by atoms with Crippen molar-refractivity contribution in [1.29, 1.82) is 0 Å². The molecule has 0 aliphatic rings. The molecule has 58 heavy (non-hydrogen) atoms. The van der Waals surface area contributed by atoms with Crippen LogP contribution in [0.25, 0.3) is 0 Å². The van der Waals surface area contributed by atoms with Crippen molar-refractivity contribution in [3.05, 3.63) is 47.4 Å². The standard InChI is InChI=1S/C40H62N4O13S/c1-25(2)33(36(50)41-27(20-21-58(12,52)53)22-31(46)56-39(6,7)8)44-34(48)28(18-19-30(45)55-38(3,4)5)42-35(49)29(23-32(47)57-40(9,10)11)43-37(51)54-24-26-16-14-13-15-17-26/h13-17,20-21,25,27-29,33H,18-19,22-24H2,1-12H3,(H,41,50)(H,42,49)(H,43,51)(H,44,48)/b21-20+/t27?,28-,29-,33-/m0/s1. The van der Waals surface area contributed by atoms with Crippen molar-refractivity contribution in [2.24, 2.45) is 5.92 Å². The van der Waals surface area contributed by atoms with Crippen molar-refractivity contribution in [2.75, 3.05) is 6.26 Å². The first-order chi connectivity index (χ1) is 26.4. The van der Waals surface area contributed by atoms with Gasteiger partial charge in [0, 0.05) is 18.1 Å². The predicted octanol–water partition coefficient (Wildman–Crippen LogP) is 3.54. The molecular formula is C40H62N4O13S. The lowest BCUT2D eigenvalue weighted by molar-refractivity contribution is -0.157. The Morgan fingerprint density at radius 3 is 1.66 bits per heavy atom. The van der Waals surface area contributed by atoms with Gasteiger partial charge in [-0.25, -0.2) is 13.2 Å². The molecule has 18 heteroatoms. The Morgan fingerprint density at radius 1 is 0.655 bits per heavy atom. The molecule has 0 heterocycles. The Hall–Kier alpha value is -5.00. The molecule has 0 spiro atoms. The van der Waals surface area contributed by atoms with Gasteiger partial charge in [-0.05, 0) is 80.2 Å². The number of hydrogen-bond acceptors (Lipinski definition) is 13. The highest BCUT2D eigenvalue weighted by Gasteiger charge is 2.34. The van der Waals surface area contributed by atoms with E-state index in [2.05, 4.69) is 21.3 Å². The van der Waals surface area contributed by atoms with E-state index < -0.39 is 111 Å². The van der Waals surface area contributed by atoms with Crippen LogP contribution in [0.1, 0.15) is 107 Å². The van der Waals surface area contributed by atoms with E-state index in [1.807, 2.05) is 0 Å². The lowest BCUT2D eigenvalue weighted by Crippen LogP contribution is -2.58. The summed E-state index contributed by atoms with van der Waals surface area (Å²) in [5.74, 6) is -5.64. The lowest BCUT2D eigenvalue weighted by Gasteiger charge is -2.28. The van der Waals surface area contributed by atoms with E-state index in [9.17, 15) is 42.0 Å². The normalized spacial score (nSPS) is 14.3. The number of alkyl carbamates (subject to hydrolysis) is 1. The molecule has 4 atom stereocenters. The summed E-state index contributed by atoms with van der Waals surface area (Å²) >= 11 is 0. The van der Waals surface area contributed by atoms with Crippen LogP contribution in [-0.2, 0) is 64.2 Å². The number of rotatable bonds is 19. The summed E-state index contributed by atoms with van der Waals surface area (Å²) < 4.78 is 45.1. The summed E-state index contributed by atoms with van der Waals surface area (Å²) in [6, 6.07) is 3.06. The molecule has 0 bridgehead atoms. The fourth-order valence-electron chi connectivity index (χ4n) is 4.89. The van der Waals surface area contributed by atoms with Crippen LogP contribution in [0.4, 0.5) is 4.79 Å². The second-order valence-corrected chi connectivity index (χ2v) is 19.0. The maximum absolute atomic E-state index is 14.0. The number of hydrogen-bond donors (Lipinski definition) is 4. The molecule has 4 N–H and O–H groups in total. The Labute approximate surface area is 342 Å². The van der Waals surface area contributed by atoms with Gasteiger partial charge in [0.2, 0.25) is 17.7 Å². The van der Waals surface area contributed by atoms with Gasteiger partial charge in [0.15, 0.2) is 9.84 Å². The molecular weight excluding hydrogens is 777 g/mol. The van der Waals surface area contributed by atoms with Crippen LogP contribution in [0.15, 0.2) is 41.8 Å². The second-order valence-electron chi connectivity index (χ2n) is 17.0. The Balaban J connectivity index is 3.45. The van der Waals surface area contributed by atoms with Gasteiger partial charge >= 0.3 is 24.0 Å². The van der Waals surface area contributed by atoms with Gasteiger partial charge in [-0.3, -0.25) is 28.8 Å². The van der Waals surface area contributed by atoms with E-state index in [1.54, 1.807) is 106 Å². The summed E-state index contributed by atoms with van der Waals surface area (Å²) in [4.78, 5) is 92.6. The molecule has 0 radical (unpaired) electrons. The van der Waals surface area contributed by atoms with Gasteiger partial charge in [-0.2, -0.15) is 0 Å². The van der Waals surface area contributed by atoms with Crippen molar-refractivity contribution in [3.8, 4) is 0 Å². The Morgan fingerprint density at radius 2 is 1.16 bits per heavy atom. The molecule has 1 rings (SSSR count). The molecule has 0 aromatic heterocycles. The van der Waals surface area contributed by atoms with Gasteiger partial charge in [0.1, 0.15) is 41.5 Å². The maximum atomic E-state index is 14.0. The molecule has 4 amide bonds. The average Bonchev–Trinajstić information content (AvgIpc) is 3.03. The first kappa shape index (κ1) is 51.0. The van der Waals surface area contributed by atoms with Crippen LogP contribution in [0.5, 0.6) is 0 Å². The molecule has 1 aromatic carbocycles. The molecule has 1 unspecified atom stereocenters. The number of sulfone groups is 1. The molecule has 0 saturated heterocycles. The van der Waals surface area contributed by atoms with E-state index in [-0.39, 0.29) is 19.4 Å². The number of nitrogens with one attached hydrogen (secondary N) is 4. The zero-order chi connectivity index (χ0) is 44.6. The van der Waals surface area contributed by atoms with Crippen molar-refractivity contribution in [2.45, 2.75) is 149 Å². The van der Waals surface area contributed by atoms with Gasteiger partial charge in [-0.1, -0.05) is 50.3 Å². The number of carbonyl (C=O) groups is 7. The second kappa shape index (κ2) is 22.2. The Bertz CT molecular complexity index is 1720. The largest absolute Gasteiger partial charge is 0.460 e. The summed E-state index contributed by atoms with van der Waals surface area (Å²) in [5, 5.41) is 10.8. The van der Waals surface area contributed by atoms with Gasteiger partial charge in [0.05, 0.1) is 18.9 Å². The van der Waals surface area contributed by atoms with E-state index in [0.717, 1.165) is 17.7 Å². The maximum Gasteiger partial charge on any atom is 0.408 e. The monoisotopic (exact) mass is 838 g/mol. The zero-order valence-electron chi connectivity index (χ0n) is 35.7. The third-order valence-electron chi connectivity index (χ3n) is 7.24. The number of carbonyl (C=O) groups excluding carboxylic acids is 7. The van der Waals surface area contributed by atoms with Crippen LogP contribution in [-0.4, -0.2) is 97.4 Å². The summed E-state index contributed by atoms with van der Waals surface area (Å²) in [6.07, 6.45) is -0.822. The number of ether oxygens (including phenoxy) is 4. The van der Waals surface area contributed by atoms with E-state index in [1.165, 1.54) is 0 Å². The average molecular weight is 839 g/mol. The minimum Gasteiger partial charge on any atom is -0.460 e. The molecule has 0 saturated carbocycles. The number of amides is 4.